The molecule has 1 aliphatic rings. The molecule has 0 amide bonds. The highest BCUT2D eigenvalue weighted by Gasteiger charge is 2.16. The zero-order chi connectivity index (χ0) is 13.5. The van der Waals surface area contributed by atoms with Crippen molar-refractivity contribution in [2.45, 2.75) is 45.3 Å². The van der Waals surface area contributed by atoms with Gasteiger partial charge in [0.05, 0.1) is 13.2 Å². The fourth-order valence-corrected chi connectivity index (χ4v) is 2.60. The molecule has 1 aliphatic carbocycles. The van der Waals surface area contributed by atoms with Crippen LogP contribution in [0, 0.1) is 11.7 Å². The third-order valence-electron chi connectivity index (χ3n) is 3.91. The number of ether oxygens (including phenoxy) is 1. The lowest BCUT2D eigenvalue weighted by atomic mass is 9.87. The number of hydrogen-bond donors (Lipinski definition) is 1. The van der Waals surface area contributed by atoms with Crippen molar-refractivity contribution < 1.29 is 9.13 Å². The van der Waals surface area contributed by atoms with Gasteiger partial charge in [-0.3, -0.25) is 0 Å². The molecular formula is C16H24FNO. The van der Waals surface area contributed by atoms with E-state index >= 15 is 0 Å². The van der Waals surface area contributed by atoms with E-state index in [1.807, 2.05) is 6.07 Å². The first-order chi connectivity index (χ1) is 9.25. The standard InChI is InChI=1S/C16H24FNO/c1-13-6-8-15(9-7-13)18-10-11-19-12-14-4-2-3-5-16(14)17/h2-5,13,15,18H,6-12H2,1H3. The van der Waals surface area contributed by atoms with Gasteiger partial charge in [-0.05, 0) is 37.7 Å². The third kappa shape index (κ3) is 4.92. The molecule has 3 heteroatoms. The summed E-state index contributed by atoms with van der Waals surface area (Å²) in [5.74, 6) is 0.701. The fourth-order valence-electron chi connectivity index (χ4n) is 2.60. The molecule has 0 radical (unpaired) electrons. The SMILES string of the molecule is CC1CCC(NCCOCc2ccccc2F)CC1. The van der Waals surface area contributed by atoms with Gasteiger partial charge in [0, 0.05) is 18.2 Å². The Balaban J connectivity index is 1.56. The lowest BCUT2D eigenvalue weighted by Gasteiger charge is -2.26. The predicted molar refractivity (Wildman–Crippen MR) is 75.5 cm³/mol. The second kappa shape index (κ2) is 7.61. The average Bonchev–Trinajstić information content (AvgIpc) is 2.42. The van der Waals surface area contributed by atoms with Crippen molar-refractivity contribution >= 4 is 0 Å². The quantitative estimate of drug-likeness (QED) is 0.795. The van der Waals surface area contributed by atoms with Crippen LogP contribution in [-0.4, -0.2) is 19.2 Å². The summed E-state index contributed by atoms with van der Waals surface area (Å²) >= 11 is 0. The monoisotopic (exact) mass is 265 g/mol. The Bertz CT molecular complexity index is 375. The number of benzene rings is 1. The van der Waals surface area contributed by atoms with E-state index < -0.39 is 0 Å². The van der Waals surface area contributed by atoms with Crippen LogP contribution in [0.15, 0.2) is 24.3 Å². The first kappa shape index (κ1) is 14.5. The van der Waals surface area contributed by atoms with E-state index in [0.717, 1.165) is 12.5 Å². The molecule has 2 nitrogen and oxygen atoms in total. The van der Waals surface area contributed by atoms with Crippen molar-refractivity contribution in [2.75, 3.05) is 13.2 Å². The Hall–Kier alpha value is -0.930. The zero-order valence-corrected chi connectivity index (χ0v) is 11.7. The van der Waals surface area contributed by atoms with Crippen LogP contribution in [0.25, 0.3) is 0 Å². The lowest BCUT2D eigenvalue weighted by Crippen LogP contribution is -2.34. The Morgan fingerprint density at radius 2 is 1.95 bits per heavy atom. The van der Waals surface area contributed by atoms with Crippen LogP contribution in [0.1, 0.15) is 38.2 Å². The molecule has 1 aromatic carbocycles. The van der Waals surface area contributed by atoms with Crippen molar-refractivity contribution in [2.24, 2.45) is 5.92 Å². The van der Waals surface area contributed by atoms with Crippen molar-refractivity contribution in [3.05, 3.63) is 35.6 Å². The lowest BCUT2D eigenvalue weighted by molar-refractivity contribution is 0.116. The molecule has 0 aromatic heterocycles. The van der Waals surface area contributed by atoms with Crippen LogP contribution >= 0.6 is 0 Å². The Morgan fingerprint density at radius 3 is 2.68 bits per heavy atom. The second-order valence-electron chi connectivity index (χ2n) is 5.55. The van der Waals surface area contributed by atoms with Gasteiger partial charge in [-0.1, -0.05) is 25.1 Å². The van der Waals surface area contributed by atoms with E-state index in [9.17, 15) is 4.39 Å². The molecule has 0 bridgehead atoms. The largest absolute Gasteiger partial charge is 0.375 e. The maximum absolute atomic E-state index is 13.3. The molecule has 2 rings (SSSR count). The van der Waals surface area contributed by atoms with Gasteiger partial charge < -0.3 is 10.1 Å². The Morgan fingerprint density at radius 1 is 1.21 bits per heavy atom. The summed E-state index contributed by atoms with van der Waals surface area (Å²) in [5.41, 5.74) is 0.633. The summed E-state index contributed by atoms with van der Waals surface area (Å²) in [6.45, 7) is 4.18. The summed E-state index contributed by atoms with van der Waals surface area (Å²) in [6.07, 6.45) is 5.20. The molecule has 1 N–H and O–H groups in total. The van der Waals surface area contributed by atoms with E-state index in [1.165, 1.54) is 31.7 Å². The third-order valence-corrected chi connectivity index (χ3v) is 3.91. The molecule has 0 unspecified atom stereocenters. The van der Waals surface area contributed by atoms with Gasteiger partial charge in [0.15, 0.2) is 0 Å². The van der Waals surface area contributed by atoms with Gasteiger partial charge in [0.25, 0.3) is 0 Å². The van der Waals surface area contributed by atoms with Crippen molar-refractivity contribution in [3.8, 4) is 0 Å². The predicted octanol–water partition coefficient (Wildman–Crippen LogP) is 3.51. The fraction of sp³-hybridized carbons (Fsp3) is 0.625. The van der Waals surface area contributed by atoms with E-state index in [4.69, 9.17) is 4.74 Å². The molecule has 19 heavy (non-hydrogen) atoms. The first-order valence-corrected chi connectivity index (χ1v) is 7.30. The summed E-state index contributed by atoms with van der Waals surface area (Å²) in [5, 5.41) is 3.52. The van der Waals surface area contributed by atoms with E-state index in [-0.39, 0.29) is 5.82 Å². The minimum Gasteiger partial charge on any atom is -0.375 e. The molecule has 0 saturated heterocycles. The molecule has 1 saturated carbocycles. The molecule has 106 valence electrons. The van der Waals surface area contributed by atoms with Gasteiger partial charge in [-0.2, -0.15) is 0 Å². The Labute approximate surface area is 115 Å². The van der Waals surface area contributed by atoms with Crippen LogP contribution in [0.4, 0.5) is 4.39 Å². The smallest absolute Gasteiger partial charge is 0.128 e. The van der Waals surface area contributed by atoms with E-state index in [2.05, 4.69) is 12.2 Å². The van der Waals surface area contributed by atoms with Crippen LogP contribution < -0.4 is 5.32 Å². The van der Waals surface area contributed by atoms with Crippen LogP contribution in [0.5, 0.6) is 0 Å². The first-order valence-electron chi connectivity index (χ1n) is 7.30. The van der Waals surface area contributed by atoms with Crippen LogP contribution in [0.3, 0.4) is 0 Å². The van der Waals surface area contributed by atoms with Crippen molar-refractivity contribution in [1.82, 2.24) is 5.32 Å². The molecule has 1 aromatic rings. The molecule has 0 spiro atoms. The molecule has 0 aliphatic heterocycles. The maximum Gasteiger partial charge on any atom is 0.128 e. The summed E-state index contributed by atoms with van der Waals surface area (Å²) < 4.78 is 18.8. The average molecular weight is 265 g/mol. The van der Waals surface area contributed by atoms with Crippen molar-refractivity contribution in [3.63, 3.8) is 0 Å². The van der Waals surface area contributed by atoms with Gasteiger partial charge in [-0.15, -0.1) is 0 Å². The normalized spacial score (nSPS) is 23.5. The van der Waals surface area contributed by atoms with E-state index in [0.29, 0.717) is 24.8 Å². The molecular weight excluding hydrogens is 241 g/mol. The summed E-state index contributed by atoms with van der Waals surface area (Å²) in [7, 11) is 0. The molecule has 0 atom stereocenters. The zero-order valence-electron chi connectivity index (χ0n) is 11.7. The van der Waals surface area contributed by atoms with Crippen molar-refractivity contribution in [1.29, 1.82) is 0 Å². The molecule has 1 fully saturated rings. The van der Waals surface area contributed by atoms with Crippen LogP contribution in [-0.2, 0) is 11.3 Å². The maximum atomic E-state index is 13.3. The molecule has 0 heterocycles. The summed E-state index contributed by atoms with van der Waals surface area (Å²) in [4.78, 5) is 0. The highest BCUT2D eigenvalue weighted by molar-refractivity contribution is 5.16. The topological polar surface area (TPSA) is 21.3 Å². The summed E-state index contributed by atoms with van der Waals surface area (Å²) in [6, 6.07) is 7.42. The van der Waals surface area contributed by atoms with E-state index in [1.54, 1.807) is 12.1 Å². The second-order valence-corrected chi connectivity index (χ2v) is 5.55. The highest BCUT2D eigenvalue weighted by Crippen LogP contribution is 2.23. The number of hydrogen-bond acceptors (Lipinski definition) is 2. The number of halogens is 1. The van der Waals surface area contributed by atoms with Gasteiger partial charge >= 0.3 is 0 Å². The van der Waals surface area contributed by atoms with Gasteiger partial charge in [0.2, 0.25) is 0 Å². The van der Waals surface area contributed by atoms with Crippen LogP contribution in [0.2, 0.25) is 0 Å². The number of nitrogens with one attached hydrogen (secondary N) is 1. The highest BCUT2D eigenvalue weighted by atomic mass is 19.1. The minimum atomic E-state index is -0.184. The van der Waals surface area contributed by atoms with Gasteiger partial charge in [0.1, 0.15) is 5.82 Å². The minimum absolute atomic E-state index is 0.184. The Kier molecular flexibility index (Phi) is 5.80. The number of rotatable bonds is 6. The van der Waals surface area contributed by atoms with Gasteiger partial charge in [-0.25, -0.2) is 4.39 Å².